The van der Waals surface area contributed by atoms with Crippen LogP contribution in [0.5, 0.6) is 11.5 Å². The number of carbonyl (C=O) groups is 1. The third kappa shape index (κ3) is 4.00. The molecule has 0 atom stereocenters. The van der Waals surface area contributed by atoms with Crippen molar-refractivity contribution in [1.29, 1.82) is 0 Å². The maximum atomic E-state index is 12.0. The first-order chi connectivity index (χ1) is 12.7. The van der Waals surface area contributed by atoms with Gasteiger partial charge in [-0.05, 0) is 35.4 Å². The highest BCUT2D eigenvalue weighted by atomic mass is 16.5. The lowest BCUT2D eigenvalue weighted by atomic mass is 10.0. The second-order valence-corrected chi connectivity index (χ2v) is 5.75. The molecule has 0 heterocycles. The zero-order valence-corrected chi connectivity index (χ0v) is 14.7. The highest BCUT2D eigenvalue weighted by Gasteiger charge is 2.07. The average Bonchev–Trinajstić information content (AvgIpc) is 2.67. The summed E-state index contributed by atoms with van der Waals surface area (Å²) in [7, 11) is 1.61. The number of nitrogens with one attached hydrogen (secondary N) is 1. The molecule has 0 fully saturated rings. The van der Waals surface area contributed by atoms with Crippen molar-refractivity contribution in [1.82, 2.24) is 5.43 Å². The van der Waals surface area contributed by atoms with Crippen molar-refractivity contribution in [3.05, 3.63) is 71.8 Å². The summed E-state index contributed by atoms with van der Waals surface area (Å²) in [4.78, 5) is 12.0. The van der Waals surface area contributed by atoms with E-state index >= 15 is 0 Å². The molecule has 0 aliphatic carbocycles. The van der Waals surface area contributed by atoms with Gasteiger partial charge in [0.25, 0.3) is 5.91 Å². The van der Waals surface area contributed by atoms with Crippen LogP contribution in [0.1, 0.15) is 11.1 Å². The molecule has 132 valence electrons. The fourth-order valence-electron chi connectivity index (χ4n) is 2.65. The molecule has 0 spiro atoms. The maximum absolute atomic E-state index is 12.0. The molecule has 0 saturated carbocycles. The van der Waals surface area contributed by atoms with Crippen LogP contribution in [-0.4, -0.2) is 25.8 Å². The molecule has 1 N–H and O–H groups in total. The van der Waals surface area contributed by atoms with Crippen LogP contribution in [-0.2, 0) is 4.79 Å². The molecular weight excluding hydrogens is 328 g/mol. The van der Waals surface area contributed by atoms with E-state index in [1.165, 1.54) is 0 Å². The van der Waals surface area contributed by atoms with Gasteiger partial charge in [0.1, 0.15) is 11.5 Å². The smallest absolute Gasteiger partial charge is 0.277 e. The summed E-state index contributed by atoms with van der Waals surface area (Å²) in [6, 6.07) is 19.3. The number of hydrazone groups is 1. The molecule has 5 nitrogen and oxygen atoms in total. The normalized spacial score (nSPS) is 10.8. The predicted molar refractivity (Wildman–Crippen MR) is 103 cm³/mol. The predicted octanol–water partition coefficient (Wildman–Crippen LogP) is 3.69. The Morgan fingerprint density at radius 3 is 2.62 bits per heavy atom. The average molecular weight is 348 g/mol. The summed E-state index contributed by atoms with van der Waals surface area (Å²) in [5.41, 5.74) is 4.27. The fraction of sp³-hybridized carbons (Fsp3) is 0.143. The Balaban J connectivity index is 1.68. The first-order valence-electron chi connectivity index (χ1n) is 8.25. The van der Waals surface area contributed by atoms with E-state index in [0.717, 1.165) is 21.9 Å². The Bertz CT molecular complexity index is 951. The lowest BCUT2D eigenvalue weighted by molar-refractivity contribution is -0.123. The summed E-state index contributed by atoms with van der Waals surface area (Å²) >= 11 is 0. The van der Waals surface area contributed by atoms with Gasteiger partial charge in [-0.2, -0.15) is 5.10 Å². The molecule has 0 aliphatic heterocycles. The van der Waals surface area contributed by atoms with Crippen molar-refractivity contribution >= 4 is 22.9 Å². The molecule has 1 amide bonds. The van der Waals surface area contributed by atoms with Crippen LogP contribution >= 0.6 is 0 Å². The van der Waals surface area contributed by atoms with Gasteiger partial charge in [0.15, 0.2) is 6.61 Å². The van der Waals surface area contributed by atoms with Gasteiger partial charge in [-0.25, -0.2) is 5.43 Å². The Morgan fingerprint density at radius 1 is 1.04 bits per heavy atom. The molecule has 0 unspecified atom stereocenters. The van der Waals surface area contributed by atoms with E-state index in [2.05, 4.69) is 10.5 Å². The Morgan fingerprint density at radius 2 is 1.81 bits per heavy atom. The van der Waals surface area contributed by atoms with Crippen molar-refractivity contribution in [3.8, 4) is 11.5 Å². The molecule has 26 heavy (non-hydrogen) atoms. The SMILES string of the molecule is COc1ccc2ccccc2c1/C=N/NC(=O)COc1ccccc1C. The van der Waals surface area contributed by atoms with Gasteiger partial charge >= 0.3 is 0 Å². The standard InChI is InChI=1S/C21H20N2O3/c1-15-7-3-6-10-19(15)26-14-21(24)23-22-13-18-17-9-5-4-8-16(17)11-12-20(18)25-2/h3-13H,14H2,1-2H3,(H,23,24)/b22-13+. The summed E-state index contributed by atoms with van der Waals surface area (Å²) in [6.45, 7) is 1.83. The fourth-order valence-corrected chi connectivity index (χ4v) is 2.65. The quantitative estimate of drug-likeness (QED) is 0.546. The van der Waals surface area contributed by atoms with E-state index in [1.807, 2.05) is 67.6 Å². The number of amides is 1. The van der Waals surface area contributed by atoms with Gasteiger partial charge in [0, 0.05) is 5.56 Å². The summed E-state index contributed by atoms with van der Waals surface area (Å²) in [6.07, 6.45) is 1.59. The number of nitrogens with zero attached hydrogens (tertiary/aromatic N) is 1. The summed E-state index contributed by atoms with van der Waals surface area (Å²) in [5, 5.41) is 6.12. The zero-order valence-electron chi connectivity index (χ0n) is 14.7. The third-order valence-corrected chi connectivity index (χ3v) is 3.99. The highest BCUT2D eigenvalue weighted by molar-refractivity contribution is 6.02. The molecular formula is C21H20N2O3. The number of rotatable bonds is 6. The lowest BCUT2D eigenvalue weighted by Crippen LogP contribution is -2.24. The van der Waals surface area contributed by atoms with Crippen molar-refractivity contribution in [2.24, 2.45) is 5.10 Å². The van der Waals surface area contributed by atoms with E-state index in [4.69, 9.17) is 9.47 Å². The zero-order chi connectivity index (χ0) is 18.4. The van der Waals surface area contributed by atoms with Gasteiger partial charge in [-0.1, -0.05) is 48.5 Å². The lowest BCUT2D eigenvalue weighted by Gasteiger charge is -2.09. The van der Waals surface area contributed by atoms with Crippen LogP contribution in [0.3, 0.4) is 0 Å². The summed E-state index contributed by atoms with van der Waals surface area (Å²) < 4.78 is 10.9. The molecule has 0 aliphatic rings. The molecule has 0 saturated heterocycles. The Labute approximate surface area is 152 Å². The van der Waals surface area contributed by atoms with E-state index in [9.17, 15) is 4.79 Å². The van der Waals surface area contributed by atoms with Crippen LogP contribution in [0.25, 0.3) is 10.8 Å². The molecule has 0 radical (unpaired) electrons. The third-order valence-electron chi connectivity index (χ3n) is 3.99. The topological polar surface area (TPSA) is 59.9 Å². The van der Waals surface area contributed by atoms with Gasteiger partial charge in [-0.15, -0.1) is 0 Å². The van der Waals surface area contributed by atoms with Crippen LogP contribution in [0, 0.1) is 6.92 Å². The number of aryl methyl sites for hydroxylation is 1. The van der Waals surface area contributed by atoms with Crippen LogP contribution < -0.4 is 14.9 Å². The number of methoxy groups -OCH3 is 1. The second-order valence-electron chi connectivity index (χ2n) is 5.75. The number of fused-ring (bicyclic) bond motifs is 1. The van der Waals surface area contributed by atoms with Gasteiger partial charge < -0.3 is 9.47 Å². The molecule has 3 rings (SSSR count). The monoisotopic (exact) mass is 348 g/mol. The molecule has 0 aromatic heterocycles. The van der Waals surface area contributed by atoms with Crippen molar-refractivity contribution in [2.45, 2.75) is 6.92 Å². The maximum Gasteiger partial charge on any atom is 0.277 e. The molecule has 3 aromatic rings. The molecule has 5 heteroatoms. The largest absolute Gasteiger partial charge is 0.496 e. The Kier molecular flexibility index (Phi) is 5.49. The van der Waals surface area contributed by atoms with E-state index < -0.39 is 0 Å². The minimum Gasteiger partial charge on any atom is -0.496 e. The molecule has 3 aromatic carbocycles. The highest BCUT2D eigenvalue weighted by Crippen LogP contribution is 2.26. The van der Waals surface area contributed by atoms with Crippen LogP contribution in [0.15, 0.2) is 65.8 Å². The van der Waals surface area contributed by atoms with Gasteiger partial charge in [0.2, 0.25) is 0 Å². The van der Waals surface area contributed by atoms with Crippen molar-refractivity contribution in [3.63, 3.8) is 0 Å². The summed E-state index contributed by atoms with van der Waals surface area (Å²) in [5.74, 6) is 1.05. The molecule has 0 bridgehead atoms. The number of hydrogen-bond donors (Lipinski definition) is 1. The minimum absolute atomic E-state index is 0.102. The van der Waals surface area contributed by atoms with E-state index in [1.54, 1.807) is 13.3 Å². The number of carbonyl (C=O) groups excluding carboxylic acids is 1. The number of hydrogen-bond acceptors (Lipinski definition) is 4. The van der Waals surface area contributed by atoms with E-state index in [0.29, 0.717) is 11.5 Å². The van der Waals surface area contributed by atoms with Crippen molar-refractivity contribution in [2.75, 3.05) is 13.7 Å². The minimum atomic E-state index is -0.330. The van der Waals surface area contributed by atoms with Crippen molar-refractivity contribution < 1.29 is 14.3 Å². The van der Waals surface area contributed by atoms with Crippen LogP contribution in [0.2, 0.25) is 0 Å². The second kappa shape index (κ2) is 8.16. The van der Waals surface area contributed by atoms with Crippen LogP contribution in [0.4, 0.5) is 0 Å². The Hall–Kier alpha value is -3.34. The number of para-hydroxylation sites is 1. The number of benzene rings is 3. The van der Waals surface area contributed by atoms with Gasteiger partial charge in [0.05, 0.1) is 13.3 Å². The van der Waals surface area contributed by atoms with E-state index in [-0.39, 0.29) is 12.5 Å². The first kappa shape index (κ1) is 17.5. The van der Waals surface area contributed by atoms with Gasteiger partial charge in [-0.3, -0.25) is 4.79 Å². The number of ether oxygens (including phenoxy) is 2. The first-order valence-corrected chi connectivity index (χ1v) is 8.25.